The number of carbonyl (C=O) groups excluding carboxylic acids is 2. The number of esters is 2. The number of halogens is 1. The Morgan fingerprint density at radius 2 is 1.94 bits per heavy atom. The highest BCUT2D eigenvalue weighted by Crippen LogP contribution is 2.38. The lowest BCUT2D eigenvalue weighted by atomic mass is 10.0. The minimum absolute atomic E-state index is 0.0203. The molecule has 13 heteroatoms. The van der Waals surface area contributed by atoms with Gasteiger partial charge in [0.2, 0.25) is 0 Å². The number of nitrogens with zero attached hydrogens (tertiary/aromatic N) is 3. The zero-order valence-electron chi connectivity index (χ0n) is 19.1. The molecular formula is C22H26FN3O9. The van der Waals surface area contributed by atoms with Crippen LogP contribution in [0.5, 0.6) is 0 Å². The summed E-state index contributed by atoms with van der Waals surface area (Å²) in [5.41, 5.74) is -1.87. The summed E-state index contributed by atoms with van der Waals surface area (Å²) in [7, 11) is 0. The lowest BCUT2D eigenvalue weighted by Crippen LogP contribution is -2.44. The number of hydrogen-bond acceptors (Lipinski definition) is 10. The Morgan fingerprint density at radius 3 is 2.57 bits per heavy atom. The van der Waals surface area contributed by atoms with Crippen LogP contribution in [0.25, 0.3) is 0 Å². The summed E-state index contributed by atoms with van der Waals surface area (Å²) >= 11 is 0. The SMILES string of the molecule is CCC(CC)C(=O)OCn1c(=O)ccn([C@@H]2O[C@](F)(COC(=O)c3cccnc3)[C@@H](O)[C@H]2O)c1=O. The number of rotatable bonds is 9. The summed E-state index contributed by atoms with van der Waals surface area (Å²) in [4.78, 5) is 53.0. The van der Waals surface area contributed by atoms with Crippen LogP contribution in [0.4, 0.5) is 4.39 Å². The fourth-order valence-electron chi connectivity index (χ4n) is 3.53. The maximum atomic E-state index is 15.3. The maximum absolute atomic E-state index is 15.3. The van der Waals surface area contributed by atoms with Gasteiger partial charge in [0.15, 0.2) is 19.6 Å². The predicted octanol–water partition coefficient (Wildman–Crippen LogP) is 0.115. The van der Waals surface area contributed by atoms with Gasteiger partial charge < -0.3 is 24.4 Å². The molecule has 190 valence electrons. The van der Waals surface area contributed by atoms with Crippen LogP contribution < -0.4 is 11.2 Å². The quantitative estimate of drug-likeness (QED) is 0.457. The Bertz CT molecular complexity index is 1160. The number of aromatic nitrogens is 3. The van der Waals surface area contributed by atoms with Crippen LogP contribution >= 0.6 is 0 Å². The van der Waals surface area contributed by atoms with Gasteiger partial charge in [0.05, 0.1) is 11.5 Å². The van der Waals surface area contributed by atoms with E-state index in [2.05, 4.69) is 4.98 Å². The van der Waals surface area contributed by atoms with Gasteiger partial charge in [0, 0.05) is 24.7 Å². The molecule has 0 aromatic carbocycles. The molecule has 2 N–H and O–H groups in total. The van der Waals surface area contributed by atoms with E-state index < -0.39 is 66.7 Å². The normalized spacial score (nSPS) is 23.9. The van der Waals surface area contributed by atoms with Crippen molar-refractivity contribution >= 4 is 11.9 Å². The van der Waals surface area contributed by atoms with Crippen LogP contribution in [-0.2, 0) is 25.7 Å². The van der Waals surface area contributed by atoms with E-state index in [9.17, 15) is 29.4 Å². The lowest BCUT2D eigenvalue weighted by Gasteiger charge is -2.22. The summed E-state index contributed by atoms with van der Waals surface area (Å²) in [5, 5.41) is 20.6. The third-order valence-corrected chi connectivity index (χ3v) is 5.70. The molecule has 0 radical (unpaired) electrons. The van der Waals surface area contributed by atoms with Gasteiger partial charge in [-0.1, -0.05) is 13.8 Å². The predicted molar refractivity (Wildman–Crippen MR) is 116 cm³/mol. The van der Waals surface area contributed by atoms with Gasteiger partial charge in [-0.3, -0.25) is 19.1 Å². The van der Waals surface area contributed by atoms with Crippen LogP contribution in [-0.4, -0.2) is 60.9 Å². The fraction of sp³-hybridized carbons (Fsp3) is 0.500. The minimum Gasteiger partial charge on any atom is -0.456 e. The minimum atomic E-state index is -3.07. The van der Waals surface area contributed by atoms with Crippen LogP contribution in [0, 0.1) is 5.92 Å². The summed E-state index contributed by atoms with van der Waals surface area (Å²) in [6, 6.07) is 3.77. The fourth-order valence-corrected chi connectivity index (χ4v) is 3.53. The van der Waals surface area contributed by atoms with E-state index in [1.165, 1.54) is 24.5 Å². The molecule has 4 atom stereocenters. The molecule has 2 aromatic rings. The van der Waals surface area contributed by atoms with E-state index in [1.54, 1.807) is 13.8 Å². The smallest absolute Gasteiger partial charge is 0.339 e. The van der Waals surface area contributed by atoms with Gasteiger partial charge in [-0.2, -0.15) is 0 Å². The van der Waals surface area contributed by atoms with Crippen molar-refractivity contribution in [2.45, 2.75) is 57.7 Å². The van der Waals surface area contributed by atoms with Crippen molar-refractivity contribution < 1.29 is 38.4 Å². The first-order valence-electron chi connectivity index (χ1n) is 10.9. The van der Waals surface area contributed by atoms with Gasteiger partial charge in [-0.05, 0) is 25.0 Å². The number of ether oxygens (including phenoxy) is 3. The third kappa shape index (κ3) is 5.47. The second kappa shape index (κ2) is 10.9. The number of pyridine rings is 1. The number of aliphatic hydroxyl groups is 2. The Kier molecular flexibility index (Phi) is 8.14. The van der Waals surface area contributed by atoms with Crippen LogP contribution in [0.2, 0.25) is 0 Å². The number of aliphatic hydroxyl groups excluding tert-OH is 2. The van der Waals surface area contributed by atoms with Crippen molar-refractivity contribution in [1.82, 2.24) is 14.1 Å². The molecular weight excluding hydrogens is 469 g/mol. The molecule has 1 aliphatic rings. The highest BCUT2D eigenvalue weighted by molar-refractivity contribution is 5.88. The summed E-state index contributed by atoms with van der Waals surface area (Å²) in [5.74, 6) is -5.02. The molecule has 0 aliphatic carbocycles. The zero-order chi connectivity index (χ0) is 25.8. The molecule has 0 unspecified atom stereocenters. The van der Waals surface area contributed by atoms with E-state index >= 15 is 4.39 Å². The first-order valence-corrected chi connectivity index (χ1v) is 10.9. The van der Waals surface area contributed by atoms with E-state index in [4.69, 9.17) is 14.2 Å². The second-order valence-corrected chi connectivity index (χ2v) is 7.93. The number of carbonyl (C=O) groups is 2. The van der Waals surface area contributed by atoms with E-state index in [0.29, 0.717) is 22.0 Å². The van der Waals surface area contributed by atoms with Gasteiger partial charge in [-0.25, -0.2) is 18.5 Å². The van der Waals surface area contributed by atoms with Crippen LogP contribution in [0.1, 0.15) is 43.3 Å². The summed E-state index contributed by atoms with van der Waals surface area (Å²) in [6.07, 6.45) is -1.38. The van der Waals surface area contributed by atoms with Crippen molar-refractivity contribution in [3.8, 4) is 0 Å². The highest BCUT2D eigenvalue weighted by atomic mass is 19.2. The highest BCUT2D eigenvalue weighted by Gasteiger charge is 2.57. The zero-order valence-corrected chi connectivity index (χ0v) is 19.1. The average molecular weight is 495 g/mol. The Balaban J connectivity index is 1.77. The topological polar surface area (TPSA) is 159 Å². The van der Waals surface area contributed by atoms with E-state index in [1.807, 2.05) is 0 Å². The standard InChI is InChI=1S/C22H26FN3O9/c1-3-13(4-2)19(30)34-12-26-15(27)7-9-25(21(26)32)18-16(28)17(29)22(23,35-18)11-33-20(31)14-6-5-8-24-10-14/h5-10,13,16-18,28-29H,3-4,11-12H2,1-2H3/t16-,17+,18-,22-/m1/s1. The van der Waals surface area contributed by atoms with Gasteiger partial charge in [0.1, 0.15) is 12.2 Å². The summed E-state index contributed by atoms with van der Waals surface area (Å²) in [6.45, 7) is 1.77. The Morgan fingerprint density at radius 1 is 1.23 bits per heavy atom. The first-order chi connectivity index (χ1) is 16.6. The molecule has 1 saturated heterocycles. The second-order valence-electron chi connectivity index (χ2n) is 7.93. The molecule has 0 saturated carbocycles. The Hall–Kier alpha value is -3.42. The van der Waals surface area contributed by atoms with E-state index in [0.717, 1.165) is 12.3 Å². The number of alkyl halides is 1. The Labute approximate surface area is 198 Å². The molecule has 1 fully saturated rings. The summed E-state index contributed by atoms with van der Waals surface area (Å²) < 4.78 is 31.6. The molecule has 1 aliphatic heterocycles. The van der Waals surface area contributed by atoms with Crippen LogP contribution in [0.15, 0.2) is 46.4 Å². The maximum Gasteiger partial charge on any atom is 0.339 e. The van der Waals surface area contributed by atoms with Gasteiger partial charge in [0.25, 0.3) is 11.4 Å². The molecule has 12 nitrogen and oxygen atoms in total. The van der Waals surface area contributed by atoms with Crippen molar-refractivity contribution in [1.29, 1.82) is 0 Å². The van der Waals surface area contributed by atoms with E-state index in [-0.39, 0.29) is 5.56 Å². The largest absolute Gasteiger partial charge is 0.456 e. The molecule has 2 aromatic heterocycles. The third-order valence-electron chi connectivity index (χ3n) is 5.70. The van der Waals surface area contributed by atoms with Crippen molar-refractivity contribution in [2.24, 2.45) is 5.92 Å². The monoisotopic (exact) mass is 495 g/mol. The molecule has 35 heavy (non-hydrogen) atoms. The van der Waals surface area contributed by atoms with Crippen molar-refractivity contribution in [2.75, 3.05) is 6.61 Å². The average Bonchev–Trinajstić information content (AvgIpc) is 3.08. The molecule has 0 amide bonds. The molecule has 3 rings (SSSR count). The van der Waals surface area contributed by atoms with Crippen LogP contribution in [0.3, 0.4) is 0 Å². The molecule has 3 heterocycles. The van der Waals surface area contributed by atoms with Crippen molar-refractivity contribution in [3.63, 3.8) is 0 Å². The van der Waals surface area contributed by atoms with Gasteiger partial charge in [-0.15, -0.1) is 0 Å². The molecule has 0 spiro atoms. The number of hydrogen-bond donors (Lipinski definition) is 2. The lowest BCUT2D eigenvalue weighted by molar-refractivity contribution is -0.207. The molecule has 0 bridgehead atoms. The van der Waals surface area contributed by atoms with Crippen molar-refractivity contribution in [3.05, 3.63) is 63.2 Å². The first kappa shape index (κ1) is 26.2. The van der Waals surface area contributed by atoms with Gasteiger partial charge >= 0.3 is 17.6 Å².